The number of para-hydroxylation sites is 1. The van der Waals surface area contributed by atoms with Gasteiger partial charge in [0.2, 0.25) is 0 Å². The first kappa shape index (κ1) is 16.5. The summed E-state index contributed by atoms with van der Waals surface area (Å²) in [7, 11) is 1.58. The summed E-state index contributed by atoms with van der Waals surface area (Å²) in [6, 6.07) is 17.8. The largest absolute Gasteiger partial charge is 0.497 e. The SMILES string of the molecule is COc1ccc(N/C(S)=C(/C#N)C(=O)Nc2ccccc2)cc1. The smallest absolute Gasteiger partial charge is 0.269 e. The minimum Gasteiger partial charge on any atom is -0.497 e. The molecule has 0 unspecified atom stereocenters. The number of rotatable bonds is 5. The monoisotopic (exact) mass is 325 g/mol. The average molecular weight is 325 g/mol. The molecule has 23 heavy (non-hydrogen) atoms. The van der Waals surface area contributed by atoms with Crippen molar-refractivity contribution >= 4 is 29.9 Å². The van der Waals surface area contributed by atoms with Crippen molar-refractivity contribution in [3.63, 3.8) is 0 Å². The van der Waals surface area contributed by atoms with Crippen LogP contribution >= 0.6 is 12.6 Å². The zero-order valence-corrected chi connectivity index (χ0v) is 13.3. The number of methoxy groups -OCH3 is 1. The topological polar surface area (TPSA) is 74.1 Å². The summed E-state index contributed by atoms with van der Waals surface area (Å²) in [6.45, 7) is 0. The van der Waals surface area contributed by atoms with Gasteiger partial charge in [0.1, 0.15) is 17.4 Å². The molecule has 0 saturated heterocycles. The Bertz CT molecular complexity index is 750. The molecule has 2 N–H and O–H groups in total. The van der Waals surface area contributed by atoms with Crippen LogP contribution in [-0.4, -0.2) is 13.0 Å². The van der Waals surface area contributed by atoms with Crippen LogP contribution in [0.1, 0.15) is 0 Å². The van der Waals surface area contributed by atoms with Crippen LogP contribution in [0.2, 0.25) is 0 Å². The molecule has 0 aliphatic carbocycles. The zero-order chi connectivity index (χ0) is 16.7. The predicted molar refractivity (Wildman–Crippen MR) is 93.3 cm³/mol. The van der Waals surface area contributed by atoms with Crippen molar-refractivity contribution in [2.45, 2.75) is 0 Å². The summed E-state index contributed by atoms with van der Waals surface area (Å²) in [5, 5.41) is 15.0. The van der Waals surface area contributed by atoms with Crippen molar-refractivity contribution in [1.29, 1.82) is 5.26 Å². The fraction of sp³-hybridized carbons (Fsp3) is 0.0588. The minimum atomic E-state index is -0.523. The number of nitriles is 1. The van der Waals surface area contributed by atoms with Crippen molar-refractivity contribution < 1.29 is 9.53 Å². The molecule has 1 amide bonds. The summed E-state index contributed by atoms with van der Waals surface area (Å²) in [5.74, 6) is 0.187. The Morgan fingerprint density at radius 2 is 1.65 bits per heavy atom. The van der Waals surface area contributed by atoms with E-state index in [-0.39, 0.29) is 10.6 Å². The van der Waals surface area contributed by atoms with Crippen molar-refractivity contribution in [3.8, 4) is 11.8 Å². The molecule has 0 saturated carbocycles. The third-order valence-corrected chi connectivity index (χ3v) is 3.30. The molecule has 0 atom stereocenters. The van der Waals surface area contributed by atoms with E-state index >= 15 is 0 Å². The lowest BCUT2D eigenvalue weighted by atomic mass is 10.2. The molecule has 0 aromatic heterocycles. The van der Waals surface area contributed by atoms with Gasteiger partial charge in [-0.1, -0.05) is 18.2 Å². The van der Waals surface area contributed by atoms with Gasteiger partial charge in [-0.05, 0) is 36.4 Å². The molecule has 0 fully saturated rings. The van der Waals surface area contributed by atoms with Gasteiger partial charge < -0.3 is 15.4 Å². The number of anilines is 2. The summed E-state index contributed by atoms with van der Waals surface area (Å²) in [6.07, 6.45) is 0. The third-order valence-electron chi connectivity index (χ3n) is 2.96. The number of hydrogen-bond donors (Lipinski definition) is 3. The molecule has 0 aliphatic heterocycles. The highest BCUT2D eigenvalue weighted by atomic mass is 32.1. The number of ether oxygens (including phenoxy) is 1. The van der Waals surface area contributed by atoms with E-state index in [0.717, 1.165) is 0 Å². The molecule has 116 valence electrons. The van der Waals surface area contributed by atoms with Crippen LogP contribution in [0.5, 0.6) is 5.75 Å². The molecule has 0 spiro atoms. The molecular weight excluding hydrogens is 310 g/mol. The maximum atomic E-state index is 12.2. The van der Waals surface area contributed by atoms with Gasteiger partial charge in [0, 0.05) is 11.4 Å². The summed E-state index contributed by atoms with van der Waals surface area (Å²) < 4.78 is 5.07. The zero-order valence-electron chi connectivity index (χ0n) is 12.4. The average Bonchev–Trinajstić information content (AvgIpc) is 2.57. The Balaban J connectivity index is 2.14. The van der Waals surface area contributed by atoms with E-state index in [9.17, 15) is 10.1 Å². The number of hydrogen-bond acceptors (Lipinski definition) is 5. The maximum absolute atomic E-state index is 12.2. The quantitative estimate of drug-likeness (QED) is 0.447. The molecule has 5 nitrogen and oxygen atoms in total. The van der Waals surface area contributed by atoms with Crippen LogP contribution in [0.15, 0.2) is 65.2 Å². The Morgan fingerprint density at radius 1 is 1.04 bits per heavy atom. The van der Waals surface area contributed by atoms with E-state index < -0.39 is 5.91 Å². The van der Waals surface area contributed by atoms with Gasteiger partial charge in [-0.2, -0.15) is 5.26 Å². The normalized spacial score (nSPS) is 11.0. The van der Waals surface area contributed by atoms with Crippen molar-refractivity contribution in [1.82, 2.24) is 0 Å². The van der Waals surface area contributed by atoms with E-state index in [4.69, 9.17) is 4.74 Å². The number of carbonyl (C=O) groups excluding carboxylic acids is 1. The number of benzene rings is 2. The van der Waals surface area contributed by atoms with Gasteiger partial charge in [-0.3, -0.25) is 4.79 Å². The van der Waals surface area contributed by atoms with E-state index in [0.29, 0.717) is 17.1 Å². The maximum Gasteiger partial charge on any atom is 0.269 e. The fourth-order valence-electron chi connectivity index (χ4n) is 1.80. The lowest BCUT2D eigenvalue weighted by Gasteiger charge is -2.10. The number of nitrogens with zero attached hydrogens (tertiary/aromatic N) is 1. The van der Waals surface area contributed by atoms with E-state index in [1.54, 1.807) is 55.6 Å². The Labute approximate surface area is 140 Å². The number of nitrogens with one attached hydrogen (secondary N) is 2. The number of carbonyl (C=O) groups is 1. The molecule has 2 rings (SSSR count). The molecule has 0 radical (unpaired) electrons. The second-order valence-corrected chi connectivity index (χ2v) is 4.96. The first-order valence-electron chi connectivity index (χ1n) is 6.75. The molecule has 6 heteroatoms. The van der Waals surface area contributed by atoms with Gasteiger partial charge in [-0.15, -0.1) is 12.6 Å². The second kappa shape index (κ2) is 7.92. The van der Waals surface area contributed by atoms with E-state index in [2.05, 4.69) is 23.3 Å². The van der Waals surface area contributed by atoms with Crippen molar-refractivity contribution in [3.05, 3.63) is 65.2 Å². The van der Waals surface area contributed by atoms with Gasteiger partial charge in [0.05, 0.1) is 12.1 Å². The Kier molecular flexibility index (Phi) is 5.67. The van der Waals surface area contributed by atoms with Crippen LogP contribution in [0, 0.1) is 11.3 Å². The van der Waals surface area contributed by atoms with Crippen molar-refractivity contribution in [2.75, 3.05) is 17.7 Å². The first-order chi connectivity index (χ1) is 11.1. The molecule has 2 aromatic carbocycles. The first-order valence-corrected chi connectivity index (χ1v) is 7.19. The van der Waals surface area contributed by atoms with Gasteiger partial charge in [0.25, 0.3) is 5.91 Å². The van der Waals surface area contributed by atoms with Crippen LogP contribution in [0.25, 0.3) is 0 Å². The van der Waals surface area contributed by atoms with Crippen LogP contribution in [0.4, 0.5) is 11.4 Å². The van der Waals surface area contributed by atoms with Gasteiger partial charge >= 0.3 is 0 Å². The summed E-state index contributed by atoms with van der Waals surface area (Å²) in [4.78, 5) is 12.2. The standard InChI is InChI=1S/C17H15N3O2S/c1-22-14-9-7-13(8-10-14)20-17(23)15(11-18)16(21)19-12-5-3-2-4-6-12/h2-10,20,23H,1H3,(H,19,21)/b17-15+. The molecule has 2 aromatic rings. The van der Waals surface area contributed by atoms with Crippen LogP contribution < -0.4 is 15.4 Å². The minimum absolute atomic E-state index is 0.104. The lowest BCUT2D eigenvalue weighted by molar-refractivity contribution is -0.112. The summed E-state index contributed by atoms with van der Waals surface area (Å²) in [5.41, 5.74) is 1.19. The highest BCUT2D eigenvalue weighted by Crippen LogP contribution is 2.19. The van der Waals surface area contributed by atoms with Crippen LogP contribution in [-0.2, 0) is 4.79 Å². The molecule has 0 heterocycles. The highest BCUT2D eigenvalue weighted by Gasteiger charge is 2.14. The van der Waals surface area contributed by atoms with Gasteiger partial charge in [-0.25, -0.2) is 0 Å². The van der Waals surface area contributed by atoms with Gasteiger partial charge in [0.15, 0.2) is 0 Å². The highest BCUT2D eigenvalue weighted by molar-refractivity contribution is 7.84. The molecule has 0 bridgehead atoms. The Morgan fingerprint density at radius 3 is 2.22 bits per heavy atom. The predicted octanol–water partition coefficient (Wildman–Crippen LogP) is 3.41. The van der Waals surface area contributed by atoms with E-state index in [1.165, 1.54) is 0 Å². The fourth-order valence-corrected chi connectivity index (χ4v) is 2.08. The van der Waals surface area contributed by atoms with E-state index in [1.807, 2.05) is 12.1 Å². The van der Waals surface area contributed by atoms with Crippen molar-refractivity contribution in [2.24, 2.45) is 0 Å². The summed E-state index contributed by atoms with van der Waals surface area (Å²) >= 11 is 4.23. The van der Waals surface area contributed by atoms with Crippen LogP contribution in [0.3, 0.4) is 0 Å². The second-order valence-electron chi connectivity index (χ2n) is 4.51. The molecular formula is C17H15N3O2S. The third kappa shape index (κ3) is 4.53. The Hall–Kier alpha value is -2.91. The number of amides is 1. The number of thiol groups is 1. The lowest BCUT2D eigenvalue weighted by Crippen LogP contribution is -2.16. The molecule has 0 aliphatic rings.